The van der Waals surface area contributed by atoms with Gasteiger partial charge in [-0.1, -0.05) is 103 Å². The first kappa shape index (κ1) is 37.4. The lowest BCUT2D eigenvalue weighted by Crippen LogP contribution is -2.54. The summed E-state index contributed by atoms with van der Waals surface area (Å²) in [6.45, 7) is 3.21. The molecule has 0 spiro atoms. The highest BCUT2D eigenvalue weighted by molar-refractivity contribution is 7.92. The Balaban J connectivity index is 1.56. The molecule has 0 unspecified atom stereocenters. The lowest BCUT2D eigenvalue weighted by atomic mass is 10.0. The van der Waals surface area contributed by atoms with Crippen LogP contribution < -0.4 is 14.4 Å². The number of hydrogen-bond donors (Lipinski definition) is 1. The van der Waals surface area contributed by atoms with E-state index in [1.54, 1.807) is 60.7 Å². The Morgan fingerprint density at radius 2 is 1.33 bits per heavy atom. The largest absolute Gasteiger partial charge is 0.457 e. The molecule has 0 aliphatic carbocycles. The zero-order valence-corrected chi connectivity index (χ0v) is 30.6. The molecule has 0 saturated heterocycles. The molecule has 5 aromatic carbocycles. The fourth-order valence-corrected chi connectivity index (χ4v) is 7.14. The Labute approximate surface area is 309 Å². The van der Waals surface area contributed by atoms with E-state index in [1.165, 1.54) is 17.0 Å². The van der Waals surface area contributed by atoms with Crippen LogP contribution in [0.15, 0.2) is 138 Å². The molecule has 0 radical (unpaired) electrons. The Morgan fingerprint density at radius 1 is 0.745 bits per heavy atom. The molecular weight excluding hydrogens is 705 g/mol. The minimum atomic E-state index is -4.26. The van der Waals surface area contributed by atoms with Crippen LogP contribution in [0.25, 0.3) is 0 Å². The number of nitrogens with one attached hydrogen (secondary N) is 1. The highest BCUT2D eigenvalue weighted by Crippen LogP contribution is 2.29. The van der Waals surface area contributed by atoms with Gasteiger partial charge in [0, 0.05) is 19.0 Å². The normalized spacial score (nSPS) is 12.4. The topological polar surface area (TPSA) is 96.0 Å². The molecule has 0 aliphatic heterocycles. The summed E-state index contributed by atoms with van der Waals surface area (Å²) in [6.07, 6.45) is 0.866. The minimum Gasteiger partial charge on any atom is -0.457 e. The standard InChI is InChI=1S/C40H39Cl2N3O5S/c1-3-29(2)43-40(47)38(26-30-13-7-4-8-14-30)44(27-31-19-24-36(41)37(42)25-31)39(46)28-45(51(48,49)35-17-11-6-12-18-35)32-20-22-34(23-21-32)50-33-15-9-5-10-16-33/h4-25,29,38H,3,26-28H2,1-2H3,(H,43,47)/t29-,38-/m1/s1. The molecule has 0 saturated carbocycles. The number of amides is 2. The van der Waals surface area contributed by atoms with Crippen LogP contribution in [0, 0.1) is 0 Å². The second-order valence-corrected chi connectivity index (χ2v) is 14.7. The van der Waals surface area contributed by atoms with Crippen molar-refractivity contribution in [3.05, 3.63) is 155 Å². The Kier molecular flexibility index (Phi) is 12.8. The number of hydrogen-bond acceptors (Lipinski definition) is 5. The van der Waals surface area contributed by atoms with Crippen molar-refractivity contribution < 1.29 is 22.7 Å². The quantitative estimate of drug-likeness (QED) is 0.116. The maximum absolute atomic E-state index is 14.7. The van der Waals surface area contributed by atoms with E-state index in [1.807, 2.05) is 74.5 Å². The predicted molar refractivity (Wildman–Crippen MR) is 203 cm³/mol. The van der Waals surface area contributed by atoms with Crippen LogP contribution in [0.5, 0.6) is 11.5 Å². The van der Waals surface area contributed by atoms with Gasteiger partial charge in [-0.3, -0.25) is 13.9 Å². The minimum absolute atomic E-state index is 0.00814. The fraction of sp³-hybridized carbons (Fsp3) is 0.200. The van der Waals surface area contributed by atoms with E-state index in [0.717, 1.165) is 9.87 Å². The van der Waals surface area contributed by atoms with Crippen molar-refractivity contribution in [2.75, 3.05) is 10.8 Å². The van der Waals surface area contributed by atoms with E-state index >= 15 is 0 Å². The highest BCUT2D eigenvalue weighted by atomic mass is 35.5. The summed E-state index contributed by atoms with van der Waals surface area (Å²) < 4.78 is 35.6. The number of nitrogens with zero attached hydrogens (tertiary/aromatic N) is 2. The first-order valence-corrected chi connectivity index (χ1v) is 18.7. The van der Waals surface area contributed by atoms with Crippen molar-refractivity contribution in [3.63, 3.8) is 0 Å². The zero-order valence-electron chi connectivity index (χ0n) is 28.3. The van der Waals surface area contributed by atoms with Gasteiger partial charge >= 0.3 is 0 Å². The van der Waals surface area contributed by atoms with Gasteiger partial charge in [0.1, 0.15) is 24.1 Å². The van der Waals surface area contributed by atoms with Crippen LogP contribution in [-0.2, 0) is 32.6 Å². The van der Waals surface area contributed by atoms with Gasteiger partial charge in [0.25, 0.3) is 10.0 Å². The summed E-state index contributed by atoms with van der Waals surface area (Å²) in [5.74, 6) is 0.151. The second-order valence-electron chi connectivity index (χ2n) is 12.0. The maximum Gasteiger partial charge on any atom is 0.264 e. The van der Waals surface area contributed by atoms with Gasteiger partial charge in [0.2, 0.25) is 11.8 Å². The zero-order chi connectivity index (χ0) is 36.4. The van der Waals surface area contributed by atoms with Crippen molar-refractivity contribution in [3.8, 4) is 11.5 Å². The molecule has 0 heterocycles. The van der Waals surface area contributed by atoms with E-state index in [9.17, 15) is 18.0 Å². The molecule has 11 heteroatoms. The fourth-order valence-electron chi connectivity index (χ4n) is 5.38. The lowest BCUT2D eigenvalue weighted by molar-refractivity contribution is -0.140. The third kappa shape index (κ3) is 9.91. The number of halogens is 2. The molecule has 2 atom stereocenters. The summed E-state index contributed by atoms with van der Waals surface area (Å²) in [4.78, 5) is 30.2. The molecule has 8 nitrogen and oxygen atoms in total. The summed E-state index contributed by atoms with van der Waals surface area (Å²) in [5.41, 5.74) is 1.69. The van der Waals surface area contributed by atoms with E-state index in [0.29, 0.717) is 28.5 Å². The Hall–Kier alpha value is -4.83. The van der Waals surface area contributed by atoms with E-state index in [-0.39, 0.29) is 40.5 Å². The van der Waals surface area contributed by atoms with Gasteiger partial charge in [-0.25, -0.2) is 8.42 Å². The number of rotatable bonds is 15. The van der Waals surface area contributed by atoms with Crippen LogP contribution in [0.2, 0.25) is 10.0 Å². The van der Waals surface area contributed by atoms with Crippen molar-refractivity contribution in [1.82, 2.24) is 10.2 Å². The molecule has 2 amide bonds. The summed E-state index contributed by atoms with van der Waals surface area (Å²) >= 11 is 12.6. The van der Waals surface area contributed by atoms with Gasteiger partial charge in [-0.05, 0) is 85.1 Å². The van der Waals surface area contributed by atoms with Gasteiger partial charge in [0.15, 0.2) is 0 Å². The van der Waals surface area contributed by atoms with Gasteiger partial charge < -0.3 is 15.0 Å². The molecule has 264 valence electrons. The molecule has 0 aromatic heterocycles. The molecule has 1 N–H and O–H groups in total. The monoisotopic (exact) mass is 743 g/mol. The van der Waals surface area contributed by atoms with E-state index in [2.05, 4.69) is 5.32 Å². The summed E-state index contributed by atoms with van der Waals surface area (Å²) in [7, 11) is -4.26. The molecule has 51 heavy (non-hydrogen) atoms. The van der Waals surface area contributed by atoms with Gasteiger partial charge in [0.05, 0.1) is 20.6 Å². The molecule has 0 fully saturated rings. The Bertz CT molecular complexity index is 2020. The van der Waals surface area contributed by atoms with E-state index in [4.69, 9.17) is 27.9 Å². The number of para-hydroxylation sites is 1. The summed E-state index contributed by atoms with van der Waals surface area (Å²) in [6, 6.07) is 36.8. The van der Waals surface area contributed by atoms with Gasteiger partial charge in [-0.2, -0.15) is 0 Å². The van der Waals surface area contributed by atoms with Crippen molar-refractivity contribution in [2.24, 2.45) is 0 Å². The number of carbonyl (C=O) groups is 2. The average Bonchev–Trinajstić information content (AvgIpc) is 3.14. The molecule has 0 bridgehead atoms. The van der Waals surface area contributed by atoms with E-state index < -0.39 is 28.5 Å². The smallest absolute Gasteiger partial charge is 0.264 e. The van der Waals surface area contributed by atoms with Crippen LogP contribution in [0.3, 0.4) is 0 Å². The van der Waals surface area contributed by atoms with Crippen molar-refractivity contribution in [2.45, 2.75) is 50.2 Å². The molecule has 0 aliphatic rings. The molecule has 5 rings (SSSR count). The first-order chi connectivity index (χ1) is 24.5. The lowest BCUT2D eigenvalue weighted by Gasteiger charge is -2.34. The van der Waals surface area contributed by atoms with Crippen LogP contribution in [-0.4, -0.2) is 43.8 Å². The Morgan fingerprint density at radius 3 is 1.94 bits per heavy atom. The van der Waals surface area contributed by atoms with Crippen LogP contribution >= 0.6 is 23.2 Å². The van der Waals surface area contributed by atoms with Crippen LogP contribution in [0.1, 0.15) is 31.4 Å². The SMILES string of the molecule is CC[C@@H](C)NC(=O)[C@@H](Cc1ccccc1)N(Cc1ccc(Cl)c(Cl)c1)C(=O)CN(c1ccc(Oc2ccccc2)cc1)S(=O)(=O)c1ccccc1. The molecule has 5 aromatic rings. The number of ether oxygens (including phenoxy) is 1. The van der Waals surface area contributed by atoms with Gasteiger partial charge in [-0.15, -0.1) is 0 Å². The molecular formula is C40H39Cl2N3O5S. The highest BCUT2D eigenvalue weighted by Gasteiger charge is 2.35. The number of benzene rings is 5. The average molecular weight is 745 g/mol. The third-order valence-corrected chi connectivity index (χ3v) is 10.8. The number of anilines is 1. The third-order valence-electron chi connectivity index (χ3n) is 8.32. The van der Waals surface area contributed by atoms with Crippen LogP contribution in [0.4, 0.5) is 5.69 Å². The number of sulfonamides is 1. The van der Waals surface area contributed by atoms with Crippen molar-refractivity contribution in [1.29, 1.82) is 0 Å². The number of carbonyl (C=O) groups excluding carboxylic acids is 2. The van der Waals surface area contributed by atoms with Crippen molar-refractivity contribution >= 4 is 50.7 Å². The second kappa shape index (κ2) is 17.4. The maximum atomic E-state index is 14.7. The summed E-state index contributed by atoms with van der Waals surface area (Å²) in [5, 5.41) is 3.66. The first-order valence-electron chi connectivity index (χ1n) is 16.5. The predicted octanol–water partition coefficient (Wildman–Crippen LogP) is 8.54.